The van der Waals surface area contributed by atoms with Crippen molar-refractivity contribution in [2.45, 2.75) is 25.9 Å². The molecular weight excluding hydrogens is 352 g/mol. The average molecular weight is 370 g/mol. The molecule has 140 valence electrons. The number of rotatable bonds is 5. The Morgan fingerprint density at radius 2 is 2.15 bits per heavy atom. The highest BCUT2D eigenvalue weighted by atomic mass is 16.5. The lowest BCUT2D eigenvalue weighted by Gasteiger charge is -2.32. The van der Waals surface area contributed by atoms with Gasteiger partial charge in [-0.25, -0.2) is 9.59 Å². The van der Waals surface area contributed by atoms with Gasteiger partial charge in [-0.15, -0.1) is 0 Å². The number of methoxy groups -OCH3 is 1. The van der Waals surface area contributed by atoms with Gasteiger partial charge in [0.25, 0.3) is 0 Å². The first-order valence-corrected chi connectivity index (χ1v) is 8.55. The van der Waals surface area contributed by atoms with E-state index >= 15 is 0 Å². The second-order valence-corrected chi connectivity index (χ2v) is 6.10. The molecule has 0 aliphatic carbocycles. The maximum absolute atomic E-state index is 12.8. The average Bonchev–Trinajstić information content (AvgIpc) is 3.30. The SMILES string of the molecule is CCc1nc(CN2C(=O)NC(c3ccccc3OC)C3=C2COC3=O)no1. The molecule has 2 aliphatic rings. The third kappa shape index (κ3) is 2.90. The third-order valence-corrected chi connectivity index (χ3v) is 4.56. The van der Waals surface area contributed by atoms with Crippen LogP contribution < -0.4 is 10.1 Å². The summed E-state index contributed by atoms with van der Waals surface area (Å²) in [5.41, 5.74) is 1.58. The summed E-state index contributed by atoms with van der Waals surface area (Å²) < 4.78 is 15.7. The second-order valence-electron chi connectivity index (χ2n) is 6.10. The molecule has 1 N–H and O–H groups in total. The molecule has 9 nitrogen and oxygen atoms in total. The van der Waals surface area contributed by atoms with E-state index in [1.807, 2.05) is 25.1 Å². The van der Waals surface area contributed by atoms with E-state index in [4.69, 9.17) is 14.0 Å². The molecule has 27 heavy (non-hydrogen) atoms. The van der Waals surface area contributed by atoms with Crippen molar-refractivity contribution < 1.29 is 23.6 Å². The van der Waals surface area contributed by atoms with E-state index in [2.05, 4.69) is 15.5 Å². The van der Waals surface area contributed by atoms with Gasteiger partial charge in [0.1, 0.15) is 12.4 Å². The van der Waals surface area contributed by atoms with E-state index in [0.717, 1.165) is 0 Å². The Morgan fingerprint density at radius 1 is 1.33 bits per heavy atom. The van der Waals surface area contributed by atoms with Crippen LogP contribution in [0.3, 0.4) is 0 Å². The standard InChI is InChI=1S/C18H18N4O5/c1-3-14-19-13(21-27-14)8-22-11-9-26-17(23)15(11)16(20-18(22)24)10-6-4-5-7-12(10)25-2/h4-7,16H,3,8-9H2,1-2H3,(H,20,24). The maximum Gasteiger partial charge on any atom is 0.338 e. The van der Waals surface area contributed by atoms with Gasteiger partial charge in [0.15, 0.2) is 5.82 Å². The summed E-state index contributed by atoms with van der Waals surface area (Å²) in [5.74, 6) is 0.966. The molecule has 9 heteroatoms. The van der Waals surface area contributed by atoms with E-state index in [1.54, 1.807) is 13.2 Å². The van der Waals surface area contributed by atoms with Gasteiger partial charge in [0.2, 0.25) is 5.89 Å². The normalized spacial score (nSPS) is 19.0. The van der Waals surface area contributed by atoms with Crippen LogP contribution in [-0.4, -0.2) is 40.8 Å². The number of carbonyl (C=O) groups excluding carboxylic acids is 2. The second kappa shape index (κ2) is 6.75. The van der Waals surface area contributed by atoms with Gasteiger partial charge in [0.05, 0.1) is 31.0 Å². The number of amides is 2. The molecule has 0 bridgehead atoms. The number of aromatic nitrogens is 2. The number of carbonyl (C=O) groups is 2. The number of aryl methyl sites for hydroxylation is 1. The fourth-order valence-electron chi connectivity index (χ4n) is 3.26. The fourth-order valence-corrected chi connectivity index (χ4v) is 3.26. The van der Waals surface area contributed by atoms with Crippen molar-refractivity contribution in [3.63, 3.8) is 0 Å². The van der Waals surface area contributed by atoms with Crippen molar-refractivity contribution in [3.05, 3.63) is 52.8 Å². The third-order valence-electron chi connectivity index (χ3n) is 4.56. The smallest absolute Gasteiger partial charge is 0.338 e. The lowest BCUT2D eigenvalue weighted by molar-refractivity contribution is -0.136. The van der Waals surface area contributed by atoms with Gasteiger partial charge >= 0.3 is 12.0 Å². The molecule has 3 heterocycles. The quantitative estimate of drug-likeness (QED) is 0.799. The zero-order valence-electron chi connectivity index (χ0n) is 14.9. The van der Waals surface area contributed by atoms with Crippen molar-refractivity contribution in [1.29, 1.82) is 0 Å². The number of urea groups is 1. The van der Waals surface area contributed by atoms with Crippen LogP contribution in [0.5, 0.6) is 5.75 Å². The van der Waals surface area contributed by atoms with E-state index < -0.39 is 12.0 Å². The van der Waals surface area contributed by atoms with Gasteiger partial charge in [-0.2, -0.15) is 4.98 Å². The highest BCUT2D eigenvalue weighted by molar-refractivity contribution is 5.97. The largest absolute Gasteiger partial charge is 0.496 e. The molecule has 1 aromatic carbocycles. The molecule has 0 saturated carbocycles. The van der Waals surface area contributed by atoms with Crippen molar-refractivity contribution in [3.8, 4) is 5.75 Å². The van der Waals surface area contributed by atoms with Gasteiger partial charge in [-0.3, -0.25) is 4.90 Å². The molecule has 0 fully saturated rings. The highest BCUT2D eigenvalue weighted by Crippen LogP contribution is 2.38. The van der Waals surface area contributed by atoms with Gasteiger partial charge in [0, 0.05) is 12.0 Å². The Kier molecular flexibility index (Phi) is 4.27. The molecule has 1 aromatic heterocycles. The molecule has 1 atom stereocenters. The zero-order chi connectivity index (χ0) is 19.0. The Bertz CT molecular complexity index is 935. The van der Waals surface area contributed by atoms with Crippen LogP contribution >= 0.6 is 0 Å². The van der Waals surface area contributed by atoms with Crippen LogP contribution in [0.1, 0.15) is 30.2 Å². The van der Waals surface area contributed by atoms with Gasteiger partial charge in [-0.05, 0) is 6.07 Å². The summed E-state index contributed by atoms with van der Waals surface area (Å²) in [6, 6.07) is 6.21. The number of para-hydroxylation sites is 1. The molecular formula is C18H18N4O5. The molecule has 2 aromatic rings. The molecule has 0 radical (unpaired) electrons. The molecule has 4 rings (SSSR count). The minimum absolute atomic E-state index is 0.0196. The van der Waals surface area contributed by atoms with Crippen molar-refractivity contribution in [2.75, 3.05) is 13.7 Å². The van der Waals surface area contributed by atoms with E-state index in [9.17, 15) is 9.59 Å². The molecule has 2 aliphatic heterocycles. The number of nitrogens with zero attached hydrogens (tertiary/aromatic N) is 3. The number of benzene rings is 1. The summed E-state index contributed by atoms with van der Waals surface area (Å²) >= 11 is 0. The zero-order valence-corrected chi connectivity index (χ0v) is 14.9. The van der Waals surface area contributed by atoms with Crippen LogP contribution in [-0.2, 0) is 22.5 Å². The van der Waals surface area contributed by atoms with Crippen molar-refractivity contribution in [2.24, 2.45) is 0 Å². The van der Waals surface area contributed by atoms with E-state index in [0.29, 0.717) is 40.7 Å². The number of hydrogen-bond donors (Lipinski definition) is 1. The number of ether oxygens (including phenoxy) is 2. The number of cyclic esters (lactones) is 1. The summed E-state index contributed by atoms with van der Waals surface area (Å²) in [5, 5.41) is 6.74. The van der Waals surface area contributed by atoms with Crippen molar-refractivity contribution >= 4 is 12.0 Å². The monoisotopic (exact) mass is 370 g/mol. The van der Waals surface area contributed by atoms with Gasteiger partial charge < -0.3 is 19.3 Å². The van der Waals surface area contributed by atoms with Crippen LogP contribution in [0, 0.1) is 0 Å². The lowest BCUT2D eigenvalue weighted by atomic mass is 9.95. The van der Waals surface area contributed by atoms with Crippen LogP contribution in [0.2, 0.25) is 0 Å². The summed E-state index contributed by atoms with van der Waals surface area (Å²) in [6.45, 7) is 2.00. The van der Waals surface area contributed by atoms with Crippen molar-refractivity contribution in [1.82, 2.24) is 20.4 Å². The molecule has 2 amide bonds. The first-order valence-electron chi connectivity index (χ1n) is 8.55. The van der Waals surface area contributed by atoms with Crippen LogP contribution in [0.4, 0.5) is 4.79 Å². The summed E-state index contributed by atoms with van der Waals surface area (Å²) in [6.07, 6.45) is 0.602. The van der Waals surface area contributed by atoms with E-state index in [1.165, 1.54) is 4.90 Å². The summed E-state index contributed by atoms with van der Waals surface area (Å²) in [7, 11) is 1.54. The summed E-state index contributed by atoms with van der Waals surface area (Å²) in [4.78, 5) is 30.8. The number of hydrogen-bond acceptors (Lipinski definition) is 7. The first kappa shape index (κ1) is 17.1. The topological polar surface area (TPSA) is 107 Å². The van der Waals surface area contributed by atoms with Crippen LogP contribution in [0.25, 0.3) is 0 Å². The number of nitrogens with one attached hydrogen (secondary N) is 1. The highest BCUT2D eigenvalue weighted by Gasteiger charge is 2.43. The Morgan fingerprint density at radius 3 is 2.89 bits per heavy atom. The fraction of sp³-hybridized carbons (Fsp3) is 0.333. The van der Waals surface area contributed by atoms with Gasteiger partial charge in [-0.1, -0.05) is 30.3 Å². The Balaban J connectivity index is 1.72. The maximum atomic E-state index is 12.8. The predicted octanol–water partition coefficient (Wildman–Crippen LogP) is 1.72. The Labute approximate surface area is 154 Å². The molecule has 1 unspecified atom stereocenters. The predicted molar refractivity (Wildman–Crippen MR) is 91.5 cm³/mol. The minimum Gasteiger partial charge on any atom is -0.496 e. The van der Waals surface area contributed by atoms with Crippen LogP contribution in [0.15, 0.2) is 40.1 Å². The Hall–Kier alpha value is -3.36. The first-order chi connectivity index (χ1) is 13.1. The molecule has 0 saturated heterocycles. The van der Waals surface area contributed by atoms with E-state index in [-0.39, 0.29) is 19.2 Å². The minimum atomic E-state index is -0.647. The molecule has 0 spiro atoms. The number of esters is 1. The lowest BCUT2D eigenvalue weighted by Crippen LogP contribution is -2.47.